The van der Waals surface area contributed by atoms with Gasteiger partial charge in [-0.15, -0.1) is 0 Å². The number of nitrogens with zero attached hydrogens (tertiary/aromatic N) is 1. The van der Waals surface area contributed by atoms with Crippen molar-refractivity contribution in [3.63, 3.8) is 0 Å². The molecule has 0 aromatic carbocycles. The van der Waals surface area contributed by atoms with Crippen molar-refractivity contribution < 1.29 is 32.9 Å². The topological polar surface area (TPSA) is 105 Å². The van der Waals surface area contributed by atoms with Crippen LogP contribution < -0.4 is 5.32 Å². The fourth-order valence-corrected chi connectivity index (χ4v) is 4.78. The number of quaternary nitrogens is 1. The van der Waals surface area contributed by atoms with Crippen LogP contribution in [0, 0.1) is 0 Å². The molecule has 0 saturated carbocycles. The van der Waals surface area contributed by atoms with Crippen LogP contribution in [0.1, 0.15) is 117 Å². The van der Waals surface area contributed by atoms with Crippen LogP contribution in [-0.2, 0) is 18.4 Å². The summed E-state index contributed by atoms with van der Waals surface area (Å²) in [7, 11) is 1.55. The number of likely N-dealkylation sites (N-methyl/N-ethyl adjacent to an activating group) is 1. The maximum Gasteiger partial charge on any atom is 0.472 e. The molecule has 0 aliphatic carbocycles. The second-order valence-corrected chi connectivity index (χ2v) is 13.3. The molecule has 0 radical (unpaired) electrons. The Bertz CT molecular complexity index is 723. The van der Waals surface area contributed by atoms with Crippen LogP contribution in [0.25, 0.3) is 0 Å². The average Bonchev–Trinajstić information content (AvgIpc) is 2.88. The zero-order valence-corrected chi connectivity index (χ0v) is 27.2. The van der Waals surface area contributed by atoms with Gasteiger partial charge in [0.05, 0.1) is 39.9 Å². The van der Waals surface area contributed by atoms with E-state index < -0.39 is 20.0 Å². The lowest BCUT2D eigenvalue weighted by atomic mass is 10.1. The third-order valence-corrected chi connectivity index (χ3v) is 7.66. The smallest absolute Gasteiger partial charge is 0.387 e. The molecule has 9 heteroatoms. The first-order valence-electron chi connectivity index (χ1n) is 15.7. The Morgan fingerprint density at radius 3 is 1.98 bits per heavy atom. The minimum Gasteiger partial charge on any atom is -0.387 e. The molecule has 3 atom stereocenters. The normalized spacial score (nSPS) is 15.5. The van der Waals surface area contributed by atoms with E-state index in [1.54, 1.807) is 6.08 Å². The molecule has 0 heterocycles. The molecule has 8 nitrogen and oxygen atoms in total. The zero-order chi connectivity index (χ0) is 30.1. The van der Waals surface area contributed by atoms with Crippen molar-refractivity contribution in [1.29, 1.82) is 0 Å². The van der Waals surface area contributed by atoms with E-state index in [-0.39, 0.29) is 19.1 Å². The van der Waals surface area contributed by atoms with Crippen molar-refractivity contribution in [2.45, 2.75) is 129 Å². The number of phosphoric acid groups is 1. The number of aliphatic hydroxyl groups is 1. The highest BCUT2D eigenvalue weighted by molar-refractivity contribution is 7.47. The van der Waals surface area contributed by atoms with Crippen LogP contribution in [0.5, 0.6) is 0 Å². The lowest BCUT2D eigenvalue weighted by molar-refractivity contribution is -0.870. The van der Waals surface area contributed by atoms with E-state index in [1.165, 1.54) is 57.8 Å². The molecule has 40 heavy (non-hydrogen) atoms. The summed E-state index contributed by atoms with van der Waals surface area (Å²) in [5, 5.41) is 13.5. The lowest BCUT2D eigenvalue weighted by Crippen LogP contribution is -2.45. The number of aliphatic hydroxyl groups excluding tert-OH is 1. The molecule has 1 amide bonds. The summed E-state index contributed by atoms with van der Waals surface area (Å²) in [6.45, 7) is 4.66. The third kappa shape index (κ3) is 25.9. The van der Waals surface area contributed by atoms with E-state index in [0.717, 1.165) is 38.5 Å². The monoisotopic (exact) mass is 589 g/mol. The van der Waals surface area contributed by atoms with Gasteiger partial charge in [-0.25, -0.2) is 4.57 Å². The summed E-state index contributed by atoms with van der Waals surface area (Å²) >= 11 is 0. The molecule has 0 aromatic rings. The van der Waals surface area contributed by atoms with Gasteiger partial charge in [-0.1, -0.05) is 109 Å². The lowest BCUT2D eigenvalue weighted by Gasteiger charge is -2.25. The van der Waals surface area contributed by atoms with Gasteiger partial charge in [0, 0.05) is 6.42 Å². The SMILES string of the molecule is CCCC/C=C/CC/C=C/C(O)C(COP(=O)(O)OCC[N+](C)(C)C)NC(=O)CCCCCCCCCCCC. The third-order valence-electron chi connectivity index (χ3n) is 6.67. The molecule has 236 valence electrons. The minimum atomic E-state index is -4.32. The maximum absolute atomic E-state index is 12.6. The Morgan fingerprint density at radius 2 is 1.38 bits per heavy atom. The standard InChI is InChI=1S/C31H61N2O6P/c1-6-8-10-12-14-16-17-19-21-23-25-31(35)32-29(28-39-40(36,37)38-27-26-33(3,4)5)30(34)24-22-20-18-15-13-11-9-7-2/h13,15,22,24,29-30,34H,6-12,14,16-21,23,25-28H2,1-5H3,(H-,32,35,36,37)/p+1/b15-13+,24-22+. The molecular weight excluding hydrogens is 527 g/mol. The molecule has 0 rings (SSSR count). The zero-order valence-electron chi connectivity index (χ0n) is 26.3. The van der Waals surface area contributed by atoms with Gasteiger partial charge in [-0.3, -0.25) is 13.8 Å². The number of amides is 1. The molecule has 0 saturated heterocycles. The van der Waals surface area contributed by atoms with Crippen molar-refractivity contribution in [3.05, 3.63) is 24.3 Å². The van der Waals surface area contributed by atoms with Crippen LogP contribution in [-0.4, -0.2) is 73.4 Å². The molecular formula is C31H62N2O6P+. The summed E-state index contributed by atoms with van der Waals surface area (Å²) in [6, 6.07) is -0.852. The number of carbonyl (C=O) groups excluding carboxylic acids is 1. The molecule has 3 unspecified atom stereocenters. The highest BCUT2D eigenvalue weighted by Crippen LogP contribution is 2.43. The van der Waals surface area contributed by atoms with Crippen molar-refractivity contribution >= 4 is 13.7 Å². The largest absolute Gasteiger partial charge is 0.472 e. The number of allylic oxidation sites excluding steroid dienone is 3. The van der Waals surface area contributed by atoms with Crippen LogP contribution in [0.2, 0.25) is 0 Å². The van der Waals surface area contributed by atoms with Gasteiger partial charge in [-0.2, -0.15) is 0 Å². The quantitative estimate of drug-likeness (QED) is 0.0410. The highest BCUT2D eigenvalue weighted by Gasteiger charge is 2.27. The van der Waals surface area contributed by atoms with E-state index in [1.807, 2.05) is 27.2 Å². The Kier molecular flexibility index (Phi) is 23.9. The second kappa shape index (κ2) is 24.6. The van der Waals surface area contributed by atoms with Crippen LogP contribution in [0.15, 0.2) is 24.3 Å². The first-order chi connectivity index (χ1) is 19.0. The molecule has 3 N–H and O–H groups in total. The number of carbonyl (C=O) groups is 1. The first-order valence-corrected chi connectivity index (χ1v) is 17.2. The van der Waals surface area contributed by atoms with Crippen molar-refractivity contribution in [3.8, 4) is 0 Å². The Morgan fingerprint density at radius 1 is 0.825 bits per heavy atom. The van der Waals surface area contributed by atoms with Crippen LogP contribution in [0.3, 0.4) is 0 Å². The molecule has 0 aliphatic rings. The summed E-state index contributed by atoms with van der Waals surface area (Å²) in [6.07, 6.45) is 24.0. The highest BCUT2D eigenvalue weighted by atomic mass is 31.2. The fraction of sp³-hybridized carbons (Fsp3) is 0.839. The summed E-state index contributed by atoms with van der Waals surface area (Å²) in [5.41, 5.74) is 0. The first kappa shape index (κ1) is 39.0. The average molecular weight is 590 g/mol. The summed E-state index contributed by atoms with van der Waals surface area (Å²) in [4.78, 5) is 22.7. The number of unbranched alkanes of at least 4 members (excludes halogenated alkanes) is 12. The van der Waals surface area contributed by atoms with Gasteiger partial charge >= 0.3 is 7.82 Å². The Hall–Kier alpha value is -1.02. The van der Waals surface area contributed by atoms with E-state index in [2.05, 4.69) is 31.3 Å². The number of hydrogen-bond acceptors (Lipinski definition) is 5. The van der Waals surface area contributed by atoms with Gasteiger partial charge in [0.15, 0.2) is 0 Å². The van der Waals surface area contributed by atoms with Gasteiger partial charge in [0.25, 0.3) is 0 Å². The molecule has 0 bridgehead atoms. The maximum atomic E-state index is 12.6. The van der Waals surface area contributed by atoms with E-state index in [9.17, 15) is 19.4 Å². The predicted molar refractivity (Wildman–Crippen MR) is 166 cm³/mol. The fourth-order valence-electron chi connectivity index (χ4n) is 4.04. The van der Waals surface area contributed by atoms with Gasteiger partial charge in [0.2, 0.25) is 5.91 Å². The Labute approximate surface area is 245 Å². The van der Waals surface area contributed by atoms with E-state index in [4.69, 9.17) is 9.05 Å². The minimum absolute atomic E-state index is 0.0568. The number of nitrogens with one attached hydrogen (secondary N) is 1. The second-order valence-electron chi connectivity index (χ2n) is 11.8. The number of hydrogen-bond donors (Lipinski definition) is 3. The van der Waals surface area contributed by atoms with Gasteiger partial charge in [0.1, 0.15) is 13.2 Å². The Balaban J connectivity index is 4.69. The van der Waals surface area contributed by atoms with Crippen molar-refractivity contribution in [2.24, 2.45) is 0 Å². The van der Waals surface area contributed by atoms with Gasteiger partial charge < -0.3 is 19.8 Å². The predicted octanol–water partition coefficient (Wildman–Crippen LogP) is 7.07. The molecule has 0 fully saturated rings. The summed E-state index contributed by atoms with van der Waals surface area (Å²) < 4.78 is 23.2. The van der Waals surface area contributed by atoms with Crippen molar-refractivity contribution in [1.82, 2.24) is 5.32 Å². The number of rotatable bonds is 27. The molecule has 0 aromatic heterocycles. The molecule has 0 aliphatic heterocycles. The van der Waals surface area contributed by atoms with Gasteiger partial charge in [-0.05, 0) is 25.7 Å². The van der Waals surface area contributed by atoms with Crippen molar-refractivity contribution in [2.75, 3.05) is 40.9 Å². The van der Waals surface area contributed by atoms with E-state index >= 15 is 0 Å². The summed E-state index contributed by atoms with van der Waals surface area (Å²) in [5.74, 6) is -0.196. The molecule has 0 spiro atoms. The van der Waals surface area contributed by atoms with E-state index in [0.29, 0.717) is 17.4 Å². The number of phosphoric ester groups is 1. The van der Waals surface area contributed by atoms with Crippen LogP contribution >= 0.6 is 7.82 Å². The van der Waals surface area contributed by atoms with Crippen LogP contribution in [0.4, 0.5) is 0 Å².